The maximum atomic E-state index is 12.8. The minimum atomic E-state index is -0.506. The lowest BCUT2D eigenvalue weighted by molar-refractivity contribution is 0.0996. The van der Waals surface area contributed by atoms with Crippen LogP contribution in [0.4, 0.5) is 0 Å². The summed E-state index contributed by atoms with van der Waals surface area (Å²) in [6.07, 6.45) is 0. The minimum absolute atomic E-state index is 0.171. The fourth-order valence-corrected chi connectivity index (χ4v) is 5.31. The van der Waals surface area contributed by atoms with Gasteiger partial charge in [0.05, 0.1) is 16.7 Å². The van der Waals surface area contributed by atoms with Gasteiger partial charge in [-0.3, -0.25) is 9.59 Å². The second-order valence-electron chi connectivity index (χ2n) is 6.99. The van der Waals surface area contributed by atoms with Crippen LogP contribution in [0.15, 0.2) is 45.5 Å². The second-order valence-corrected chi connectivity index (χ2v) is 8.81. The Balaban J connectivity index is 1.68. The van der Waals surface area contributed by atoms with E-state index in [0.717, 1.165) is 27.9 Å². The first kappa shape index (κ1) is 20.3. The largest absolute Gasteiger partial charge is 0.366 e. The normalized spacial score (nSPS) is 11.2. The van der Waals surface area contributed by atoms with Crippen molar-refractivity contribution < 1.29 is 4.79 Å². The zero-order valence-electron chi connectivity index (χ0n) is 16.8. The van der Waals surface area contributed by atoms with Crippen LogP contribution in [0.25, 0.3) is 21.3 Å². The van der Waals surface area contributed by atoms with Crippen LogP contribution in [0.5, 0.6) is 0 Å². The number of aromatic amines is 1. The number of nitrogens with one attached hydrogen (secondary N) is 1. The second kappa shape index (κ2) is 8.04. The number of rotatable bonds is 5. The lowest BCUT2D eigenvalue weighted by Gasteiger charge is -2.13. The van der Waals surface area contributed by atoms with Crippen molar-refractivity contribution in [2.75, 3.05) is 0 Å². The maximum absolute atomic E-state index is 12.8. The van der Waals surface area contributed by atoms with Crippen molar-refractivity contribution in [3.63, 3.8) is 0 Å². The first-order chi connectivity index (χ1) is 14.4. The van der Waals surface area contributed by atoms with Crippen LogP contribution in [0.1, 0.15) is 33.0 Å². The van der Waals surface area contributed by atoms with Gasteiger partial charge in [-0.15, -0.1) is 11.3 Å². The molecule has 3 aromatic heterocycles. The van der Waals surface area contributed by atoms with E-state index in [0.29, 0.717) is 32.4 Å². The molecule has 3 N–H and O–H groups in total. The Hall–Kier alpha value is -2.97. The molecule has 0 aliphatic rings. The number of hydrogen-bond donors (Lipinski definition) is 2. The number of aryl methyl sites for hydroxylation is 1. The van der Waals surface area contributed by atoms with Gasteiger partial charge in [0.25, 0.3) is 11.5 Å². The van der Waals surface area contributed by atoms with Crippen molar-refractivity contribution in [3.05, 3.63) is 74.3 Å². The zero-order valence-corrected chi connectivity index (χ0v) is 18.4. The molecule has 0 aliphatic heterocycles. The number of amides is 1. The molecule has 4 rings (SSSR count). The smallest absolute Gasteiger partial charge is 0.260 e. The number of benzene rings is 1. The molecule has 3 heterocycles. The van der Waals surface area contributed by atoms with Gasteiger partial charge in [-0.1, -0.05) is 42.1 Å². The van der Waals surface area contributed by atoms with E-state index in [1.807, 2.05) is 56.5 Å². The molecule has 152 valence electrons. The molecule has 0 atom stereocenters. The van der Waals surface area contributed by atoms with Crippen LogP contribution < -0.4 is 11.3 Å². The van der Waals surface area contributed by atoms with Crippen molar-refractivity contribution in [3.8, 4) is 11.1 Å². The highest BCUT2D eigenvalue weighted by Gasteiger charge is 2.18. The van der Waals surface area contributed by atoms with Gasteiger partial charge in [-0.25, -0.2) is 9.97 Å². The van der Waals surface area contributed by atoms with E-state index in [1.54, 1.807) is 0 Å². The Bertz CT molecular complexity index is 1330. The summed E-state index contributed by atoms with van der Waals surface area (Å²) in [5.74, 6) is 0.402. The molecule has 0 unspecified atom stereocenters. The molecule has 6 nitrogen and oxygen atoms in total. The Kier molecular flexibility index (Phi) is 5.44. The van der Waals surface area contributed by atoms with Gasteiger partial charge in [0, 0.05) is 16.6 Å². The molecule has 0 bridgehead atoms. The minimum Gasteiger partial charge on any atom is -0.366 e. The van der Waals surface area contributed by atoms with E-state index in [2.05, 4.69) is 15.0 Å². The quantitative estimate of drug-likeness (QED) is 0.453. The number of thioether (sulfide) groups is 1. The Morgan fingerprint density at radius 1 is 1.13 bits per heavy atom. The molecule has 0 fully saturated rings. The number of pyridine rings is 1. The van der Waals surface area contributed by atoms with Crippen LogP contribution in [0, 0.1) is 20.8 Å². The number of nitrogens with zero attached hydrogens (tertiary/aromatic N) is 2. The SMILES string of the molecule is Cc1nc(SCc2nc3scc(-c4ccccc4)c3c(=O)[nH]2)c(C(N)=O)c(C)c1C. The third kappa shape index (κ3) is 3.64. The third-order valence-electron chi connectivity index (χ3n) is 5.13. The number of fused-ring (bicyclic) bond motifs is 1. The molecular weight excluding hydrogens is 416 g/mol. The van der Waals surface area contributed by atoms with Crippen LogP contribution in [0.2, 0.25) is 0 Å². The molecule has 1 amide bonds. The van der Waals surface area contributed by atoms with Crippen molar-refractivity contribution in [2.24, 2.45) is 5.73 Å². The number of carbonyl (C=O) groups excluding carboxylic acids is 1. The lowest BCUT2D eigenvalue weighted by atomic mass is 10.0. The van der Waals surface area contributed by atoms with E-state index >= 15 is 0 Å². The number of aromatic nitrogens is 3. The number of nitrogens with two attached hydrogens (primary N) is 1. The monoisotopic (exact) mass is 436 g/mol. The Morgan fingerprint density at radius 2 is 1.87 bits per heavy atom. The van der Waals surface area contributed by atoms with Crippen molar-refractivity contribution >= 4 is 39.2 Å². The predicted molar refractivity (Wildman–Crippen MR) is 122 cm³/mol. The Labute approximate surface area is 181 Å². The number of hydrogen-bond acceptors (Lipinski definition) is 6. The summed E-state index contributed by atoms with van der Waals surface area (Å²) in [7, 11) is 0. The summed E-state index contributed by atoms with van der Waals surface area (Å²) in [5, 5.41) is 3.11. The highest BCUT2D eigenvalue weighted by Crippen LogP contribution is 2.32. The summed E-state index contributed by atoms with van der Waals surface area (Å²) in [4.78, 5) is 37.5. The van der Waals surface area contributed by atoms with Crippen LogP contribution in [0.3, 0.4) is 0 Å². The highest BCUT2D eigenvalue weighted by molar-refractivity contribution is 7.98. The van der Waals surface area contributed by atoms with Crippen LogP contribution in [-0.4, -0.2) is 20.9 Å². The first-order valence-corrected chi connectivity index (χ1v) is 11.2. The first-order valence-electron chi connectivity index (χ1n) is 9.33. The summed E-state index contributed by atoms with van der Waals surface area (Å²) in [6, 6.07) is 9.78. The topological polar surface area (TPSA) is 102 Å². The molecule has 0 aliphatic carbocycles. The number of thiophene rings is 1. The number of H-pyrrole nitrogens is 1. The van der Waals surface area contributed by atoms with E-state index < -0.39 is 5.91 Å². The number of carbonyl (C=O) groups is 1. The molecule has 8 heteroatoms. The van der Waals surface area contributed by atoms with Crippen LogP contribution >= 0.6 is 23.1 Å². The molecule has 0 radical (unpaired) electrons. The van der Waals surface area contributed by atoms with Crippen molar-refractivity contribution in [1.82, 2.24) is 15.0 Å². The van der Waals surface area contributed by atoms with Gasteiger partial charge in [-0.2, -0.15) is 0 Å². The van der Waals surface area contributed by atoms with Crippen LogP contribution in [-0.2, 0) is 5.75 Å². The summed E-state index contributed by atoms with van der Waals surface area (Å²) >= 11 is 2.79. The van der Waals surface area contributed by atoms with Gasteiger partial charge in [0.1, 0.15) is 15.7 Å². The fraction of sp³-hybridized carbons (Fsp3) is 0.182. The average molecular weight is 437 g/mol. The summed E-state index contributed by atoms with van der Waals surface area (Å²) < 4.78 is 0. The zero-order chi connectivity index (χ0) is 21.4. The van der Waals surface area contributed by atoms with Gasteiger partial charge in [0.2, 0.25) is 0 Å². The molecule has 4 aromatic rings. The molecule has 0 spiro atoms. The van der Waals surface area contributed by atoms with Gasteiger partial charge in [0.15, 0.2) is 0 Å². The van der Waals surface area contributed by atoms with E-state index in [4.69, 9.17) is 5.73 Å². The van der Waals surface area contributed by atoms with Gasteiger partial charge >= 0.3 is 0 Å². The predicted octanol–water partition coefficient (Wildman–Crippen LogP) is 4.36. The summed E-state index contributed by atoms with van der Waals surface area (Å²) in [5.41, 5.74) is 10.4. The van der Waals surface area contributed by atoms with Crippen molar-refractivity contribution in [2.45, 2.75) is 31.6 Å². The highest BCUT2D eigenvalue weighted by atomic mass is 32.2. The lowest BCUT2D eigenvalue weighted by Crippen LogP contribution is -2.17. The Morgan fingerprint density at radius 3 is 2.57 bits per heavy atom. The molecule has 30 heavy (non-hydrogen) atoms. The number of primary amides is 1. The molecule has 0 saturated carbocycles. The average Bonchev–Trinajstić information content (AvgIpc) is 3.15. The van der Waals surface area contributed by atoms with E-state index in [-0.39, 0.29) is 5.56 Å². The maximum Gasteiger partial charge on any atom is 0.260 e. The van der Waals surface area contributed by atoms with Crippen molar-refractivity contribution in [1.29, 1.82) is 0 Å². The van der Waals surface area contributed by atoms with E-state index in [1.165, 1.54) is 23.1 Å². The van der Waals surface area contributed by atoms with E-state index in [9.17, 15) is 9.59 Å². The molecule has 1 aromatic carbocycles. The molecular formula is C22H20N4O2S2. The van der Waals surface area contributed by atoms with Gasteiger partial charge < -0.3 is 10.7 Å². The summed E-state index contributed by atoms with van der Waals surface area (Å²) in [6.45, 7) is 5.70. The standard InChI is InChI=1S/C22H20N4O2S2/c1-11-12(2)17(19(23)27)21(24-13(11)3)30-10-16-25-20(28)18-15(9-29-22(18)26-16)14-7-5-4-6-8-14/h4-9H,10H2,1-3H3,(H2,23,27)(H,25,26,28). The van der Waals surface area contributed by atoms with Gasteiger partial charge in [-0.05, 0) is 37.5 Å². The third-order valence-corrected chi connectivity index (χ3v) is 6.99. The molecule has 0 saturated heterocycles. The fourth-order valence-electron chi connectivity index (χ4n) is 3.33.